The fourth-order valence-corrected chi connectivity index (χ4v) is 0.994. The number of hydrazine groups is 1. The molecule has 1 rings (SSSR count). The quantitative estimate of drug-likeness (QED) is 0.595. The lowest BCUT2D eigenvalue weighted by molar-refractivity contribution is 0.0856. The normalized spacial score (nSPS) is 10.2. The maximum atomic E-state index is 11.4. The van der Waals surface area contributed by atoms with Gasteiger partial charge in [0.1, 0.15) is 11.5 Å². The number of aromatic hydroxyl groups is 2. The van der Waals surface area contributed by atoms with E-state index in [1.54, 1.807) is 14.1 Å². The summed E-state index contributed by atoms with van der Waals surface area (Å²) in [6.45, 7) is 0. The number of hydrogen-bond donors (Lipinski definition) is 3. The van der Waals surface area contributed by atoms with Gasteiger partial charge in [-0.3, -0.25) is 10.2 Å². The summed E-state index contributed by atoms with van der Waals surface area (Å²) in [7, 11) is 3.33. The van der Waals surface area contributed by atoms with E-state index in [1.807, 2.05) is 0 Å². The number of phenolic OH excluding ortho intramolecular Hbond substituents is 2. The molecule has 0 unspecified atom stereocenters. The number of phenols is 2. The minimum atomic E-state index is -0.388. The van der Waals surface area contributed by atoms with Gasteiger partial charge in [0.2, 0.25) is 0 Å². The minimum absolute atomic E-state index is 0.145. The third-order valence-corrected chi connectivity index (χ3v) is 1.49. The Morgan fingerprint density at radius 3 is 2.14 bits per heavy atom. The molecule has 1 aromatic carbocycles. The van der Waals surface area contributed by atoms with Gasteiger partial charge in [-0.15, -0.1) is 0 Å². The molecule has 76 valence electrons. The van der Waals surface area contributed by atoms with E-state index in [1.165, 1.54) is 17.1 Å². The van der Waals surface area contributed by atoms with Crippen LogP contribution in [0.3, 0.4) is 0 Å². The van der Waals surface area contributed by atoms with Gasteiger partial charge in [0.15, 0.2) is 0 Å². The topological polar surface area (TPSA) is 72.8 Å². The standard InChI is InChI=1S/C9H12N2O3/c1-11(2)10-9(14)6-3-7(12)5-8(13)4-6/h3-5,12-13H,1-2H3,(H,10,14). The highest BCUT2D eigenvalue weighted by molar-refractivity contribution is 5.94. The van der Waals surface area contributed by atoms with Gasteiger partial charge in [-0.05, 0) is 12.1 Å². The second-order valence-corrected chi connectivity index (χ2v) is 3.07. The van der Waals surface area contributed by atoms with Crippen molar-refractivity contribution in [1.82, 2.24) is 10.4 Å². The fourth-order valence-electron chi connectivity index (χ4n) is 0.994. The van der Waals surface area contributed by atoms with Gasteiger partial charge >= 0.3 is 0 Å². The van der Waals surface area contributed by atoms with Crippen molar-refractivity contribution >= 4 is 5.91 Å². The predicted molar refractivity (Wildman–Crippen MR) is 50.9 cm³/mol. The zero-order valence-electron chi connectivity index (χ0n) is 7.98. The highest BCUT2D eigenvalue weighted by atomic mass is 16.3. The van der Waals surface area contributed by atoms with Crippen LogP contribution < -0.4 is 5.43 Å². The molecule has 1 aromatic rings. The molecule has 0 atom stereocenters. The summed E-state index contributed by atoms with van der Waals surface area (Å²) in [5.41, 5.74) is 2.69. The third kappa shape index (κ3) is 2.63. The molecular formula is C9H12N2O3. The number of rotatable bonds is 2. The number of carbonyl (C=O) groups is 1. The second-order valence-electron chi connectivity index (χ2n) is 3.07. The van der Waals surface area contributed by atoms with Crippen molar-refractivity contribution in [2.45, 2.75) is 0 Å². The van der Waals surface area contributed by atoms with Gasteiger partial charge in [0.25, 0.3) is 5.91 Å². The van der Waals surface area contributed by atoms with Crippen LogP contribution in [0, 0.1) is 0 Å². The van der Waals surface area contributed by atoms with Crippen molar-refractivity contribution in [3.63, 3.8) is 0 Å². The Morgan fingerprint density at radius 2 is 1.71 bits per heavy atom. The van der Waals surface area contributed by atoms with Crippen molar-refractivity contribution in [2.75, 3.05) is 14.1 Å². The molecule has 0 radical (unpaired) electrons. The van der Waals surface area contributed by atoms with Crippen LogP contribution in [0.2, 0.25) is 0 Å². The van der Waals surface area contributed by atoms with E-state index in [0.717, 1.165) is 6.07 Å². The van der Waals surface area contributed by atoms with Gasteiger partial charge in [0, 0.05) is 25.7 Å². The van der Waals surface area contributed by atoms with Gasteiger partial charge in [0.05, 0.1) is 0 Å². The van der Waals surface area contributed by atoms with Crippen LogP contribution in [0.15, 0.2) is 18.2 Å². The minimum Gasteiger partial charge on any atom is -0.508 e. The lowest BCUT2D eigenvalue weighted by Crippen LogP contribution is -2.36. The summed E-state index contributed by atoms with van der Waals surface area (Å²) in [5, 5.41) is 19.7. The molecule has 0 aromatic heterocycles. The molecule has 1 amide bonds. The highest BCUT2D eigenvalue weighted by Gasteiger charge is 2.08. The summed E-state index contributed by atoms with van der Waals surface area (Å²) < 4.78 is 0. The smallest absolute Gasteiger partial charge is 0.265 e. The molecule has 0 spiro atoms. The molecule has 0 fully saturated rings. The van der Waals surface area contributed by atoms with Crippen LogP contribution in [-0.2, 0) is 0 Å². The number of amides is 1. The molecule has 0 heterocycles. The number of nitrogens with one attached hydrogen (secondary N) is 1. The van der Waals surface area contributed by atoms with E-state index in [9.17, 15) is 4.79 Å². The van der Waals surface area contributed by atoms with Crippen molar-refractivity contribution in [3.8, 4) is 11.5 Å². The number of carbonyl (C=O) groups excluding carboxylic acids is 1. The van der Waals surface area contributed by atoms with Gasteiger partial charge in [-0.1, -0.05) is 0 Å². The third-order valence-electron chi connectivity index (χ3n) is 1.49. The Hall–Kier alpha value is -1.75. The average Bonchev–Trinajstić information content (AvgIpc) is 2.00. The van der Waals surface area contributed by atoms with E-state index in [4.69, 9.17) is 10.2 Å². The van der Waals surface area contributed by atoms with Crippen molar-refractivity contribution in [3.05, 3.63) is 23.8 Å². The number of hydrogen-bond acceptors (Lipinski definition) is 4. The van der Waals surface area contributed by atoms with E-state index in [-0.39, 0.29) is 23.0 Å². The molecule has 0 saturated carbocycles. The first kappa shape index (κ1) is 10.3. The summed E-state index contributed by atoms with van der Waals surface area (Å²) >= 11 is 0. The predicted octanol–water partition coefficient (Wildman–Crippen LogP) is 0.304. The zero-order valence-corrected chi connectivity index (χ0v) is 7.98. The van der Waals surface area contributed by atoms with Crippen molar-refractivity contribution in [1.29, 1.82) is 0 Å². The van der Waals surface area contributed by atoms with Crippen LogP contribution in [0.5, 0.6) is 11.5 Å². The van der Waals surface area contributed by atoms with E-state index < -0.39 is 0 Å². The Morgan fingerprint density at radius 1 is 1.21 bits per heavy atom. The van der Waals surface area contributed by atoms with E-state index in [2.05, 4.69) is 5.43 Å². The maximum absolute atomic E-state index is 11.4. The largest absolute Gasteiger partial charge is 0.508 e. The molecule has 3 N–H and O–H groups in total. The Balaban J connectivity index is 2.90. The Bertz CT molecular complexity index is 330. The fraction of sp³-hybridized carbons (Fsp3) is 0.222. The molecule has 0 saturated heterocycles. The summed E-state index contributed by atoms with van der Waals surface area (Å²) in [6.07, 6.45) is 0. The van der Waals surface area contributed by atoms with Gasteiger partial charge in [-0.25, -0.2) is 5.01 Å². The molecule has 0 aliphatic carbocycles. The molecule has 0 aliphatic rings. The molecule has 0 aliphatic heterocycles. The molecule has 5 nitrogen and oxygen atoms in total. The van der Waals surface area contributed by atoms with Crippen LogP contribution >= 0.6 is 0 Å². The highest BCUT2D eigenvalue weighted by Crippen LogP contribution is 2.20. The molecular weight excluding hydrogens is 184 g/mol. The van der Waals surface area contributed by atoms with Crippen LogP contribution in [0.4, 0.5) is 0 Å². The first-order valence-electron chi connectivity index (χ1n) is 4.00. The summed E-state index contributed by atoms with van der Waals surface area (Å²) in [4.78, 5) is 11.4. The van der Waals surface area contributed by atoms with Crippen molar-refractivity contribution in [2.24, 2.45) is 0 Å². The second kappa shape index (κ2) is 3.97. The molecule has 0 bridgehead atoms. The van der Waals surface area contributed by atoms with E-state index in [0.29, 0.717) is 0 Å². The van der Waals surface area contributed by atoms with Crippen LogP contribution in [-0.4, -0.2) is 35.2 Å². The maximum Gasteiger partial charge on any atom is 0.265 e. The lowest BCUT2D eigenvalue weighted by Gasteiger charge is -2.11. The van der Waals surface area contributed by atoms with E-state index >= 15 is 0 Å². The SMILES string of the molecule is CN(C)NC(=O)c1cc(O)cc(O)c1. The monoisotopic (exact) mass is 196 g/mol. The lowest BCUT2D eigenvalue weighted by atomic mass is 10.2. The molecule has 5 heteroatoms. The Kier molecular flexibility index (Phi) is 2.93. The first-order chi connectivity index (χ1) is 6.49. The van der Waals surface area contributed by atoms with Crippen molar-refractivity contribution < 1.29 is 15.0 Å². The molecule has 14 heavy (non-hydrogen) atoms. The van der Waals surface area contributed by atoms with Gasteiger partial charge < -0.3 is 10.2 Å². The van der Waals surface area contributed by atoms with Gasteiger partial charge in [-0.2, -0.15) is 0 Å². The van der Waals surface area contributed by atoms with Crippen LogP contribution in [0.25, 0.3) is 0 Å². The average molecular weight is 196 g/mol. The number of benzene rings is 1. The summed E-state index contributed by atoms with van der Waals surface area (Å²) in [6, 6.07) is 3.71. The van der Waals surface area contributed by atoms with Crippen LogP contribution in [0.1, 0.15) is 10.4 Å². The Labute approximate surface area is 81.6 Å². The zero-order chi connectivity index (χ0) is 10.7. The first-order valence-corrected chi connectivity index (χ1v) is 4.00. The summed E-state index contributed by atoms with van der Waals surface area (Å²) in [5.74, 6) is -0.677. The number of nitrogens with zero attached hydrogens (tertiary/aromatic N) is 1.